The first-order valence-electron chi connectivity index (χ1n) is 5.57. The highest BCUT2D eigenvalue weighted by atomic mass is 19.1. The zero-order chi connectivity index (χ0) is 13.0. The third-order valence-corrected chi connectivity index (χ3v) is 2.69. The lowest BCUT2D eigenvalue weighted by molar-refractivity contribution is 0.600. The molecule has 1 aromatic carbocycles. The van der Waals surface area contributed by atoms with Crippen LogP contribution in [-0.2, 0) is 0 Å². The molecule has 0 saturated carbocycles. The fourth-order valence-electron chi connectivity index (χ4n) is 1.74. The number of halogens is 1. The summed E-state index contributed by atoms with van der Waals surface area (Å²) in [5, 5.41) is 12.1. The van der Waals surface area contributed by atoms with Gasteiger partial charge >= 0.3 is 0 Å². The number of anilines is 1. The van der Waals surface area contributed by atoms with Crippen molar-refractivity contribution in [1.82, 2.24) is 4.98 Å². The van der Waals surface area contributed by atoms with Crippen molar-refractivity contribution in [1.29, 1.82) is 5.26 Å². The SMILES string of the molecule is CC(Nc1cnccc1C#N)c1ccccc1F. The van der Waals surface area contributed by atoms with Crippen LogP contribution in [0.5, 0.6) is 0 Å². The maximum atomic E-state index is 13.6. The summed E-state index contributed by atoms with van der Waals surface area (Å²) in [5.74, 6) is -0.264. The number of rotatable bonds is 3. The first kappa shape index (κ1) is 12.1. The number of benzene rings is 1. The summed E-state index contributed by atoms with van der Waals surface area (Å²) in [5.41, 5.74) is 1.66. The van der Waals surface area contributed by atoms with Crippen LogP contribution in [0.3, 0.4) is 0 Å². The molecule has 0 aliphatic carbocycles. The van der Waals surface area contributed by atoms with Gasteiger partial charge in [-0.15, -0.1) is 0 Å². The van der Waals surface area contributed by atoms with Gasteiger partial charge in [-0.3, -0.25) is 4.98 Å². The molecule has 0 fully saturated rings. The number of pyridine rings is 1. The largest absolute Gasteiger partial charge is 0.376 e. The standard InChI is InChI=1S/C14H12FN3/c1-10(12-4-2-3-5-13(12)15)18-14-9-17-7-6-11(14)8-16/h2-7,9-10,18H,1H3. The Hall–Kier alpha value is -2.41. The minimum absolute atomic E-state index is 0.234. The van der Waals surface area contributed by atoms with Crippen LogP contribution in [0.25, 0.3) is 0 Å². The second kappa shape index (κ2) is 5.28. The number of nitriles is 1. The second-order valence-corrected chi connectivity index (χ2v) is 3.92. The highest BCUT2D eigenvalue weighted by Gasteiger charge is 2.11. The van der Waals surface area contributed by atoms with Gasteiger partial charge < -0.3 is 5.32 Å². The van der Waals surface area contributed by atoms with Crippen LogP contribution < -0.4 is 5.32 Å². The van der Waals surface area contributed by atoms with Gasteiger partial charge in [0.25, 0.3) is 0 Å². The number of hydrogen-bond donors (Lipinski definition) is 1. The summed E-state index contributed by atoms with van der Waals surface area (Å²) in [4.78, 5) is 3.96. The van der Waals surface area contributed by atoms with Crippen molar-refractivity contribution in [3.05, 3.63) is 59.7 Å². The van der Waals surface area contributed by atoms with Gasteiger partial charge in [-0.25, -0.2) is 4.39 Å². The van der Waals surface area contributed by atoms with E-state index in [0.29, 0.717) is 16.8 Å². The van der Waals surface area contributed by atoms with Gasteiger partial charge in [0.15, 0.2) is 0 Å². The quantitative estimate of drug-likeness (QED) is 0.897. The van der Waals surface area contributed by atoms with Crippen LogP contribution in [0.1, 0.15) is 24.1 Å². The molecule has 0 bridgehead atoms. The summed E-state index contributed by atoms with van der Waals surface area (Å²) in [7, 11) is 0. The summed E-state index contributed by atoms with van der Waals surface area (Å²) >= 11 is 0. The Bertz CT molecular complexity index is 590. The van der Waals surface area contributed by atoms with E-state index in [9.17, 15) is 4.39 Å². The number of nitrogens with one attached hydrogen (secondary N) is 1. The summed E-state index contributed by atoms with van der Waals surface area (Å²) in [6.07, 6.45) is 3.12. The molecule has 0 aliphatic rings. The van der Waals surface area contributed by atoms with Crippen LogP contribution in [0.2, 0.25) is 0 Å². The normalized spacial score (nSPS) is 11.6. The highest BCUT2D eigenvalue weighted by molar-refractivity contribution is 5.56. The van der Waals surface area contributed by atoms with Crippen molar-refractivity contribution in [2.45, 2.75) is 13.0 Å². The monoisotopic (exact) mass is 241 g/mol. The first-order chi connectivity index (χ1) is 8.72. The van der Waals surface area contributed by atoms with Gasteiger partial charge in [0.05, 0.1) is 23.5 Å². The zero-order valence-electron chi connectivity index (χ0n) is 9.89. The van der Waals surface area contributed by atoms with E-state index >= 15 is 0 Å². The van der Waals surface area contributed by atoms with Crippen LogP contribution in [-0.4, -0.2) is 4.98 Å². The summed E-state index contributed by atoms with van der Waals surface area (Å²) in [6, 6.07) is 10.0. The average molecular weight is 241 g/mol. The van der Waals surface area contributed by atoms with Crippen molar-refractivity contribution in [2.75, 3.05) is 5.32 Å². The molecule has 0 radical (unpaired) electrons. The lowest BCUT2D eigenvalue weighted by atomic mass is 10.1. The lowest BCUT2D eigenvalue weighted by Gasteiger charge is -2.16. The molecular formula is C14H12FN3. The Balaban J connectivity index is 2.25. The van der Waals surface area contributed by atoms with Gasteiger partial charge in [0, 0.05) is 11.8 Å². The Morgan fingerprint density at radius 1 is 1.33 bits per heavy atom. The number of hydrogen-bond acceptors (Lipinski definition) is 3. The zero-order valence-corrected chi connectivity index (χ0v) is 9.89. The molecule has 0 amide bonds. The van der Waals surface area contributed by atoms with E-state index in [0.717, 1.165) is 0 Å². The topological polar surface area (TPSA) is 48.7 Å². The molecule has 1 unspecified atom stereocenters. The lowest BCUT2D eigenvalue weighted by Crippen LogP contribution is -2.09. The van der Waals surface area contributed by atoms with Gasteiger partial charge in [-0.1, -0.05) is 18.2 Å². The second-order valence-electron chi connectivity index (χ2n) is 3.92. The van der Waals surface area contributed by atoms with Gasteiger partial charge in [-0.05, 0) is 19.1 Å². The van der Waals surface area contributed by atoms with E-state index in [1.54, 1.807) is 36.7 Å². The van der Waals surface area contributed by atoms with E-state index < -0.39 is 0 Å². The molecule has 90 valence electrons. The Morgan fingerprint density at radius 3 is 2.83 bits per heavy atom. The van der Waals surface area contributed by atoms with Crippen molar-refractivity contribution in [2.24, 2.45) is 0 Å². The molecule has 1 heterocycles. The molecule has 0 saturated heterocycles. The van der Waals surface area contributed by atoms with Crippen LogP contribution in [0.15, 0.2) is 42.7 Å². The fraction of sp³-hybridized carbons (Fsp3) is 0.143. The van der Waals surface area contributed by atoms with E-state index in [4.69, 9.17) is 5.26 Å². The molecule has 2 aromatic rings. The van der Waals surface area contributed by atoms with E-state index in [1.807, 2.05) is 6.92 Å². The third-order valence-electron chi connectivity index (χ3n) is 2.69. The molecule has 1 atom stereocenters. The Labute approximate surface area is 105 Å². The molecule has 2 rings (SSSR count). The molecule has 0 aliphatic heterocycles. The number of nitrogens with zero attached hydrogens (tertiary/aromatic N) is 2. The van der Waals surface area contributed by atoms with Crippen LogP contribution >= 0.6 is 0 Å². The molecule has 1 aromatic heterocycles. The van der Waals surface area contributed by atoms with Crippen molar-refractivity contribution in [3.8, 4) is 6.07 Å². The summed E-state index contributed by atoms with van der Waals surface area (Å²) in [6.45, 7) is 1.84. The maximum absolute atomic E-state index is 13.6. The molecule has 0 spiro atoms. The van der Waals surface area contributed by atoms with E-state index in [1.165, 1.54) is 6.07 Å². The molecule has 18 heavy (non-hydrogen) atoms. The van der Waals surface area contributed by atoms with Crippen molar-refractivity contribution < 1.29 is 4.39 Å². The third kappa shape index (κ3) is 2.46. The minimum Gasteiger partial charge on any atom is -0.376 e. The van der Waals surface area contributed by atoms with Gasteiger partial charge in [0.1, 0.15) is 11.9 Å². The predicted octanol–water partition coefficient (Wildman–Crippen LogP) is 3.27. The minimum atomic E-state index is -0.264. The summed E-state index contributed by atoms with van der Waals surface area (Å²) < 4.78 is 13.6. The van der Waals surface area contributed by atoms with Gasteiger partial charge in [-0.2, -0.15) is 5.26 Å². The first-order valence-corrected chi connectivity index (χ1v) is 5.57. The van der Waals surface area contributed by atoms with E-state index in [-0.39, 0.29) is 11.9 Å². The number of aromatic nitrogens is 1. The van der Waals surface area contributed by atoms with Crippen LogP contribution in [0.4, 0.5) is 10.1 Å². The van der Waals surface area contributed by atoms with E-state index in [2.05, 4.69) is 16.4 Å². The predicted molar refractivity (Wildman–Crippen MR) is 67.4 cm³/mol. The smallest absolute Gasteiger partial charge is 0.128 e. The molecule has 3 nitrogen and oxygen atoms in total. The van der Waals surface area contributed by atoms with Crippen molar-refractivity contribution in [3.63, 3.8) is 0 Å². The Morgan fingerprint density at radius 2 is 2.11 bits per heavy atom. The molecule has 1 N–H and O–H groups in total. The Kier molecular flexibility index (Phi) is 3.54. The van der Waals surface area contributed by atoms with Crippen LogP contribution in [0, 0.1) is 17.1 Å². The maximum Gasteiger partial charge on any atom is 0.128 e. The molecule has 4 heteroatoms. The average Bonchev–Trinajstić information content (AvgIpc) is 2.39. The fourth-order valence-corrected chi connectivity index (χ4v) is 1.74. The van der Waals surface area contributed by atoms with Crippen molar-refractivity contribution >= 4 is 5.69 Å². The molecular weight excluding hydrogens is 229 g/mol. The highest BCUT2D eigenvalue weighted by Crippen LogP contribution is 2.22. The van der Waals surface area contributed by atoms with Gasteiger partial charge in [0.2, 0.25) is 0 Å².